The molecule has 1 aliphatic heterocycles. The third-order valence-electron chi connectivity index (χ3n) is 2.05. The third kappa shape index (κ3) is 1.85. The van der Waals surface area contributed by atoms with Crippen molar-refractivity contribution in [3.05, 3.63) is 29.8 Å². The molecule has 0 aromatic heterocycles. The SMILES string of the molecule is COc1ccc([C@H]2SNO[C@H]2O)cc1. The van der Waals surface area contributed by atoms with Crippen LogP contribution in [0.1, 0.15) is 10.8 Å². The molecule has 5 heteroatoms. The van der Waals surface area contributed by atoms with Gasteiger partial charge in [0.1, 0.15) is 5.75 Å². The molecule has 1 fully saturated rings. The quantitative estimate of drug-likeness (QED) is 0.724. The van der Waals surface area contributed by atoms with Crippen LogP contribution in [-0.2, 0) is 4.84 Å². The van der Waals surface area contributed by atoms with Crippen molar-refractivity contribution in [1.29, 1.82) is 0 Å². The molecule has 2 atom stereocenters. The molecule has 14 heavy (non-hydrogen) atoms. The Morgan fingerprint density at radius 1 is 1.43 bits per heavy atom. The molecule has 1 heterocycles. The van der Waals surface area contributed by atoms with Gasteiger partial charge in [0.25, 0.3) is 0 Å². The summed E-state index contributed by atoms with van der Waals surface area (Å²) in [5, 5.41) is 9.35. The Morgan fingerprint density at radius 2 is 2.14 bits per heavy atom. The van der Waals surface area contributed by atoms with Gasteiger partial charge >= 0.3 is 0 Å². The van der Waals surface area contributed by atoms with Gasteiger partial charge in [0.2, 0.25) is 0 Å². The highest BCUT2D eigenvalue weighted by Crippen LogP contribution is 2.35. The van der Waals surface area contributed by atoms with Crippen molar-refractivity contribution >= 4 is 11.9 Å². The molecule has 1 aromatic carbocycles. The minimum atomic E-state index is -0.798. The Kier molecular flexibility index (Phi) is 2.93. The second kappa shape index (κ2) is 4.18. The number of nitrogens with one attached hydrogen (secondary N) is 1. The summed E-state index contributed by atoms with van der Waals surface area (Å²) in [7, 11) is 1.62. The van der Waals surface area contributed by atoms with E-state index in [9.17, 15) is 5.11 Å². The molecule has 76 valence electrons. The molecule has 2 rings (SSSR count). The Morgan fingerprint density at radius 3 is 2.64 bits per heavy atom. The molecule has 0 radical (unpaired) electrons. The van der Waals surface area contributed by atoms with Crippen LogP contribution < -0.4 is 9.62 Å². The molecule has 0 saturated carbocycles. The average Bonchev–Trinajstić information content (AvgIpc) is 2.65. The first-order valence-corrected chi connectivity index (χ1v) is 5.07. The minimum absolute atomic E-state index is 0.0825. The molecular formula is C9H11NO3S. The Bertz CT molecular complexity index is 303. The van der Waals surface area contributed by atoms with Crippen molar-refractivity contribution in [2.75, 3.05) is 7.11 Å². The molecule has 1 aromatic rings. The lowest BCUT2D eigenvalue weighted by Crippen LogP contribution is -2.12. The van der Waals surface area contributed by atoms with Gasteiger partial charge in [-0.2, -0.15) is 0 Å². The predicted octanol–water partition coefficient (Wildman–Crippen LogP) is 1.24. The monoisotopic (exact) mass is 213 g/mol. The van der Waals surface area contributed by atoms with Crippen LogP contribution >= 0.6 is 11.9 Å². The highest BCUT2D eigenvalue weighted by Gasteiger charge is 2.28. The van der Waals surface area contributed by atoms with E-state index in [0.29, 0.717) is 0 Å². The maximum atomic E-state index is 9.43. The van der Waals surface area contributed by atoms with Crippen LogP contribution in [0.25, 0.3) is 0 Å². The highest BCUT2D eigenvalue weighted by molar-refractivity contribution is 7.97. The van der Waals surface area contributed by atoms with E-state index in [-0.39, 0.29) is 5.25 Å². The lowest BCUT2D eigenvalue weighted by molar-refractivity contribution is -0.103. The number of rotatable bonds is 2. The van der Waals surface area contributed by atoms with E-state index in [1.807, 2.05) is 24.3 Å². The van der Waals surface area contributed by atoms with Gasteiger partial charge in [0, 0.05) is 0 Å². The summed E-state index contributed by atoms with van der Waals surface area (Å²) in [4.78, 5) is 7.40. The Balaban J connectivity index is 2.16. The van der Waals surface area contributed by atoms with Gasteiger partial charge in [0.05, 0.1) is 12.4 Å². The van der Waals surface area contributed by atoms with Crippen molar-refractivity contribution < 1.29 is 14.7 Å². The molecule has 4 nitrogen and oxygen atoms in total. The number of methoxy groups -OCH3 is 1. The van der Waals surface area contributed by atoms with E-state index in [1.54, 1.807) is 7.11 Å². The molecule has 0 bridgehead atoms. The molecule has 0 unspecified atom stereocenters. The van der Waals surface area contributed by atoms with Crippen molar-refractivity contribution in [3.63, 3.8) is 0 Å². The van der Waals surface area contributed by atoms with Crippen LogP contribution in [0.3, 0.4) is 0 Å². The van der Waals surface area contributed by atoms with Gasteiger partial charge in [0.15, 0.2) is 6.29 Å². The van der Waals surface area contributed by atoms with Gasteiger partial charge in [-0.25, -0.2) is 0 Å². The maximum absolute atomic E-state index is 9.43. The summed E-state index contributed by atoms with van der Waals surface area (Å²) in [5.74, 6) is 0.806. The summed E-state index contributed by atoms with van der Waals surface area (Å²) in [6, 6.07) is 7.55. The summed E-state index contributed by atoms with van der Waals surface area (Å²) in [5.41, 5.74) is 1.01. The van der Waals surface area contributed by atoms with E-state index in [2.05, 4.69) is 4.89 Å². The van der Waals surface area contributed by atoms with Crippen LogP contribution in [0.5, 0.6) is 5.75 Å². The largest absolute Gasteiger partial charge is 0.497 e. The van der Waals surface area contributed by atoms with Crippen LogP contribution in [0.15, 0.2) is 24.3 Å². The minimum Gasteiger partial charge on any atom is -0.497 e. The zero-order valence-electron chi connectivity index (χ0n) is 7.64. The fourth-order valence-electron chi connectivity index (χ4n) is 1.28. The number of hydrogen-bond acceptors (Lipinski definition) is 5. The summed E-state index contributed by atoms with van der Waals surface area (Å²) in [6.07, 6.45) is -0.798. The number of hydrogen-bond donors (Lipinski definition) is 2. The van der Waals surface area contributed by atoms with Crippen molar-refractivity contribution in [2.24, 2.45) is 0 Å². The fourth-order valence-corrected chi connectivity index (χ4v) is 2.00. The maximum Gasteiger partial charge on any atom is 0.193 e. The van der Waals surface area contributed by atoms with Crippen LogP contribution in [0, 0.1) is 0 Å². The molecular weight excluding hydrogens is 202 g/mol. The molecule has 1 saturated heterocycles. The Labute approximate surface area is 86.3 Å². The van der Waals surface area contributed by atoms with E-state index < -0.39 is 6.29 Å². The number of aliphatic hydroxyl groups excluding tert-OH is 1. The second-order valence-corrected chi connectivity index (χ2v) is 3.81. The number of aliphatic hydroxyl groups is 1. The number of benzene rings is 1. The standard InChI is InChI=1S/C9H11NO3S/c1-12-7-4-2-6(3-5-7)8-9(11)13-10-14-8/h2-5,8-11H,1H3/t8-,9-/m1/s1. The zero-order chi connectivity index (χ0) is 9.97. The van der Waals surface area contributed by atoms with Gasteiger partial charge in [-0.1, -0.05) is 12.1 Å². The smallest absolute Gasteiger partial charge is 0.193 e. The second-order valence-electron chi connectivity index (χ2n) is 2.90. The van der Waals surface area contributed by atoms with Gasteiger partial charge in [-0.15, -0.1) is 4.89 Å². The van der Waals surface area contributed by atoms with Crippen molar-refractivity contribution in [3.8, 4) is 5.75 Å². The molecule has 1 aliphatic rings. The summed E-state index contributed by atoms with van der Waals surface area (Å²) >= 11 is 1.35. The van der Waals surface area contributed by atoms with Crippen LogP contribution in [0.2, 0.25) is 0 Å². The molecule has 0 spiro atoms. The van der Waals surface area contributed by atoms with E-state index in [4.69, 9.17) is 9.57 Å². The van der Waals surface area contributed by atoms with Gasteiger partial charge in [-0.3, -0.25) is 4.84 Å². The van der Waals surface area contributed by atoms with E-state index in [0.717, 1.165) is 11.3 Å². The zero-order valence-corrected chi connectivity index (χ0v) is 8.45. The Hall–Kier alpha value is -0.750. The van der Waals surface area contributed by atoms with Gasteiger partial charge in [-0.05, 0) is 29.6 Å². The first kappa shape index (κ1) is 9.79. The van der Waals surface area contributed by atoms with Crippen LogP contribution in [-0.4, -0.2) is 18.5 Å². The van der Waals surface area contributed by atoms with Crippen molar-refractivity contribution in [1.82, 2.24) is 4.89 Å². The first-order valence-electron chi connectivity index (χ1n) is 4.19. The molecule has 0 amide bonds. The molecule has 2 N–H and O–H groups in total. The fraction of sp³-hybridized carbons (Fsp3) is 0.333. The third-order valence-corrected chi connectivity index (χ3v) is 3.00. The lowest BCUT2D eigenvalue weighted by Gasteiger charge is -2.10. The average molecular weight is 213 g/mol. The predicted molar refractivity (Wildman–Crippen MR) is 53.6 cm³/mol. The topological polar surface area (TPSA) is 50.7 Å². The lowest BCUT2D eigenvalue weighted by atomic mass is 10.1. The first-order chi connectivity index (χ1) is 6.81. The number of ether oxygens (including phenoxy) is 1. The molecule has 0 aliphatic carbocycles. The van der Waals surface area contributed by atoms with Crippen molar-refractivity contribution in [2.45, 2.75) is 11.5 Å². The van der Waals surface area contributed by atoms with E-state index in [1.165, 1.54) is 11.9 Å². The highest BCUT2D eigenvalue weighted by atomic mass is 32.2. The summed E-state index contributed by atoms with van der Waals surface area (Å²) < 4.78 is 5.04. The van der Waals surface area contributed by atoms with Crippen LogP contribution in [0.4, 0.5) is 0 Å². The van der Waals surface area contributed by atoms with Gasteiger partial charge < -0.3 is 9.84 Å². The summed E-state index contributed by atoms with van der Waals surface area (Å²) in [6.45, 7) is 0. The van der Waals surface area contributed by atoms with E-state index >= 15 is 0 Å². The normalized spacial score (nSPS) is 26.4.